The molecule has 0 spiro atoms. The maximum absolute atomic E-state index is 10.6. The Morgan fingerprint density at radius 1 is 2.00 bits per heavy atom. The average molecular weight is 172 g/mol. The Morgan fingerprint density at radius 2 is 2.25 bits per heavy atom. The van der Waals surface area contributed by atoms with Gasteiger partial charge in [0.05, 0.1) is 0 Å². The van der Waals surface area contributed by atoms with Crippen LogP contribution in [-0.2, 0) is 3.02 Å². The molecule has 0 aliphatic heterocycles. The SMILES string of the molecule is C[O][Sb][F]. The second kappa shape index (κ2) is 3.71. The molecule has 0 amide bonds. The molecule has 1 radical (unpaired) electrons. The van der Waals surface area contributed by atoms with Gasteiger partial charge in [-0.15, -0.1) is 0 Å². The van der Waals surface area contributed by atoms with Crippen LogP contribution in [0, 0.1) is 0 Å². The third-order valence-electron chi connectivity index (χ3n) is 0.0690. The van der Waals surface area contributed by atoms with E-state index in [1.165, 1.54) is 7.11 Å². The molecule has 0 fully saturated rings. The molecule has 0 aliphatic rings. The van der Waals surface area contributed by atoms with Gasteiger partial charge in [0.25, 0.3) is 0 Å². The van der Waals surface area contributed by atoms with Crippen molar-refractivity contribution in [2.45, 2.75) is 0 Å². The van der Waals surface area contributed by atoms with E-state index in [9.17, 15) is 2.81 Å². The molecule has 1 nitrogen and oxygen atoms in total. The number of halogens is 1. The first-order chi connectivity index (χ1) is 1.91. The molecule has 0 rings (SSSR count). The molecule has 0 saturated heterocycles. The first-order valence-electron chi connectivity index (χ1n) is 0.760. The van der Waals surface area contributed by atoms with Crippen LogP contribution in [0.25, 0.3) is 0 Å². The van der Waals surface area contributed by atoms with Gasteiger partial charge in [0.1, 0.15) is 0 Å². The zero-order valence-corrected chi connectivity index (χ0v) is 4.79. The zero-order chi connectivity index (χ0) is 3.41. The molecule has 25 valence electrons. The van der Waals surface area contributed by atoms with Crippen LogP contribution in [0.4, 0.5) is 2.81 Å². The van der Waals surface area contributed by atoms with Gasteiger partial charge in [-0.25, -0.2) is 0 Å². The van der Waals surface area contributed by atoms with Gasteiger partial charge in [0.15, 0.2) is 0 Å². The quantitative estimate of drug-likeness (QED) is 0.511. The van der Waals surface area contributed by atoms with Gasteiger partial charge in [-0.2, -0.15) is 0 Å². The van der Waals surface area contributed by atoms with E-state index in [1.54, 1.807) is 0 Å². The van der Waals surface area contributed by atoms with Gasteiger partial charge >= 0.3 is 35.6 Å². The van der Waals surface area contributed by atoms with E-state index in [-0.39, 0.29) is 0 Å². The Kier molecular flexibility index (Phi) is 4.36. The summed E-state index contributed by atoms with van der Waals surface area (Å²) in [5, 5.41) is 0. The second-order valence-corrected chi connectivity index (χ2v) is 1.69. The zero-order valence-electron chi connectivity index (χ0n) is 2.23. The summed E-state index contributed by atoms with van der Waals surface area (Å²) in [6, 6.07) is 0. The fourth-order valence-corrected chi connectivity index (χ4v) is 0. The Morgan fingerprint density at radius 3 is 2.25 bits per heavy atom. The van der Waals surface area contributed by atoms with E-state index in [4.69, 9.17) is 0 Å². The molecule has 0 saturated carbocycles. The van der Waals surface area contributed by atoms with Crippen LogP contribution in [0.5, 0.6) is 0 Å². The van der Waals surface area contributed by atoms with Crippen LogP contribution < -0.4 is 0 Å². The van der Waals surface area contributed by atoms with Crippen LogP contribution >= 0.6 is 0 Å². The van der Waals surface area contributed by atoms with Crippen molar-refractivity contribution in [3.63, 3.8) is 0 Å². The van der Waals surface area contributed by atoms with E-state index in [1.807, 2.05) is 0 Å². The summed E-state index contributed by atoms with van der Waals surface area (Å²) in [6.45, 7) is 0. The van der Waals surface area contributed by atoms with Gasteiger partial charge < -0.3 is 0 Å². The molecular formula is CH3FOSb. The van der Waals surface area contributed by atoms with Crippen LogP contribution in [0.2, 0.25) is 0 Å². The first-order valence-corrected chi connectivity index (χ1v) is 2.77. The predicted molar refractivity (Wildman–Crippen MR) is 13.9 cm³/mol. The van der Waals surface area contributed by atoms with E-state index < -0.39 is 22.6 Å². The molecule has 4 heavy (non-hydrogen) atoms. The van der Waals surface area contributed by atoms with Crippen molar-refractivity contribution in [3.8, 4) is 0 Å². The summed E-state index contributed by atoms with van der Waals surface area (Å²) in [7, 11) is 1.37. The van der Waals surface area contributed by atoms with Crippen LogP contribution in [0.1, 0.15) is 0 Å². The van der Waals surface area contributed by atoms with Crippen molar-refractivity contribution < 1.29 is 5.83 Å². The Hall–Kier alpha value is 0.708. The third-order valence-corrected chi connectivity index (χ3v) is 0.463. The van der Waals surface area contributed by atoms with Gasteiger partial charge in [-0.1, -0.05) is 0 Å². The van der Waals surface area contributed by atoms with Gasteiger partial charge in [-0.05, 0) is 0 Å². The summed E-state index contributed by atoms with van der Waals surface area (Å²) in [5.41, 5.74) is 0. The minimum absolute atomic E-state index is 1.37. The van der Waals surface area contributed by atoms with Crippen LogP contribution in [-0.4, -0.2) is 29.7 Å². The van der Waals surface area contributed by atoms with Crippen LogP contribution in [0.3, 0.4) is 0 Å². The molecule has 0 aromatic heterocycles. The molecule has 0 N–H and O–H groups in total. The summed E-state index contributed by atoms with van der Waals surface area (Å²) in [4.78, 5) is 0. The molecule has 0 bridgehead atoms. The van der Waals surface area contributed by atoms with Crippen molar-refractivity contribution in [1.82, 2.24) is 0 Å². The average Bonchev–Trinajstić information content (AvgIpc) is 1.37. The van der Waals surface area contributed by atoms with E-state index >= 15 is 0 Å². The van der Waals surface area contributed by atoms with Gasteiger partial charge in [0.2, 0.25) is 0 Å². The number of hydrogen-bond donors (Lipinski definition) is 0. The standard InChI is InChI=1S/CH3O.FH.Sb/c1-2;;/h1H3;1H;/q-1;;+2/p-1. The van der Waals surface area contributed by atoms with Gasteiger partial charge in [0, 0.05) is 0 Å². The summed E-state index contributed by atoms with van der Waals surface area (Å²) in [5.74, 6) is 0. The van der Waals surface area contributed by atoms with E-state index in [2.05, 4.69) is 3.02 Å². The molecule has 0 atom stereocenters. The Balaban J connectivity index is 1.97. The monoisotopic (exact) mass is 171 g/mol. The summed E-state index contributed by atoms with van der Waals surface area (Å²) < 4.78 is 14.7. The summed E-state index contributed by atoms with van der Waals surface area (Å²) in [6.07, 6.45) is 0. The van der Waals surface area contributed by atoms with Crippen molar-refractivity contribution in [2.75, 3.05) is 7.11 Å². The fraction of sp³-hybridized carbons (Fsp3) is 1.00. The third kappa shape index (κ3) is 2.71. The first kappa shape index (κ1) is 4.71. The van der Waals surface area contributed by atoms with Crippen molar-refractivity contribution in [1.29, 1.82) is 0 Å². The number of hydrogen-bond acceptors (Lipinski definition) is 1. The topological polar surface area (TPSA) is 9.23 Å². The maximum atomic E-state index is 10.6. The van der Waals surface area contributed by atoms with Crippen LogP contribution in [0.15, 0.2) is 0 Å². The molecule has 3 heteroatoms. The molecule has 0 aliphatic carbocycles. The molecular weight excluding hydrogens is 169 g/mol. The van der Waals surface area contributed by atoms with Crippen molar-refractivity contribution in [3.05, 3.63) is 0 Å². The Bertz CT molecular complexity index is 10.0. The Labute approximate surface area is 36.0 Å². The predicted octanol–water partition coefficient (Wildman–Crippen LogP) is 0.136. The number of rotatable bonds is 1. The molecule has 0 aromatic carbocycles. The normalized spacial score (nSPS) is 7.50. The minimum atomic E-state index is -1.65. The van der Waals surface area contributed by atoms with Gasteiger partial charge in [-0.3, -0.25) is 0 Å². The van der Waals surface area contributed by atoms with Crippen molar-refractivity contribution >= 4 is 22.6 Å². The van der Waals surface area contributed by atoms with Crippen molar-refractivity contribution in [2.24, 2.45) is 0 Å². The van der Waals surface area contributed by atoms with E-state index in [0.717, 1.165) is 0 Å². The van der Waals surface area contributed by atoms with E-state index in [0.29, 0.717) is 0 Å². The molecule has 0 aromatic rings. The summed E-state index contributed by atoms with van der Waals surface area (Å²) >= 11 is -1.65. The second-order valence-electron chi connectivity index (χ2n) is 0.252. The fourth-order valence-electron chi connectivity index (χ4n) is 0. The molecule has 0 unspecified atom stereocenters. The molecule has 0 heterocycles.